The molecule has 0 radical (unpaired) electrons. The Morgan fingerprint density at radius 1 is 1.24 bits per heavy atom. The van der Waals surface area contributed by atoms with Gasteiger partial charge in [0.05, 0.1) is 18.8 Å². The molecule has 0 aromatic heterocycles. The van der Waals surface area contributed by atoms with Crippen LogP contribution in [0, 0.1) is 5.82 Å². The van der Waals surface area contributed by atoms with E-state index in [0.717, 1.165) is 11.4 Å². The van der Waals surface area contributed by atoms with Crippen molar-refractivity contribution in [2.45, 2.75) is 0 Å². The maximum Gasteiger partial charge on any atom is 0.243 e. The summed E-state index contributed by atoms with van der Waals surface area (Å²) < 4.78 is 18.6. The lowest BCUT2D eigenvalue weighted by atomic mass is 10.2. The molecule has 0 saturated heterocycles. The van der Waals surface area contributed by atoms with Crippen molar-refractivity contribution < 1.29 is 13.9 Å². The number of halogens is 1. The van der Waals surface area contributed by atoms with E-state index in [0.29, 0.717) is 18.8 Å². The Labute approximate surface area is 122 Å². The molecule has 1 amide bonds. The molecule has 108 valence electrons. The summed E-state index contributed by atoms with van der Waals surface area (Å²) in [7, 11) is 0. The van der Waals surface area contributed by atoms with Gasteiger partial charge in [0, 0.05) is 5.69 Å². The molecule has 0 unspecified atom stereocenters. The van der Waals surface area contributed by atoms with Crippen LogP contribution in [-0.4, -0.2) is 25.6 Å². The summed E-state index contributed by atoms with van der Waals surface area (Å²) in [5.74, 6) is 0.226. The van der Waals surface area contributed by atoms with Crippen LogP contribution < -0.4 is 15.0 Å². The van der Waals surface area contributed by atoms with Gasteiger partial charge in [0.2, 0.25) is 5.91 Å². The van der Waals surface area contributed by atoms with Crippen LogP contribution in [0.25, 0.3) is 0 Å². The van der Waals surface area contributed by atoms with E-state index in [1.165, 1.54) is 12.1 Å². The molecule has 1 heterocycles. The Kier molecular flexibility index (Phi) is 3.73. The number of anilines is 2. The number of nitrogens with zero attached hydrogens (tertiary/aromatic N) is 1. The molecular weight excluding hydrogens is 271 g/mol. The smallest absolute Gasteiger partial charge is 0.243 e. The zero-order chi connectivity index (χ0) is 14.7. The molecule has 2 aromatic carbocycles. The molecule has 0 fully saturated rings. The molecule has 4 nitrogen and oxygen atoms in total. The number of carbonyl (C=O) groups excluding carboxylic acids is 1. The number of benzene rings is 2. The zero-order valence-electron chi connectivity index (χ0n) is 11.4. The fourth-order valence-electron chi connectivity index (χ4n) is 2.33. The number of fused-ring (bicyclic) bond motifs is 1. The average molecular weight is 286 g/mol. The van der Waals surface area contributed by atoms with Gasteiger partial charge in [-0.15, -0.1) is 0 Å². The minimum atomic E-state index is -0.371. The number of nitrogens with one attached hydrogen (secondary N) is 1. The van der Waals surface area contributed by atoms with Gasteiger partial charge in [0.25, 0.3) is 0 Å². The fourth-order valence-corrected chi connectivity index (χ4v) is 2.33. The van der Waals surface area contributed by atoms with Crippen LogP contribution in [0.5, 0.6) is 5.75 Å². The second-order valence-electron chi connectivity index (χ2n) is 4.80. The van der Waals surface area contributed by atoms with Crippen LogP contribution in [0.4, 0.5) is 15.8 Å². The predicted molar refractivity (Wildman–Crippen MR) is 79.2 cm³/mol. The number of amides is 1. The van der Waals surface area contributed by atoms with E-state index in [1.54, 1.807) is 12.1 Å². The molecule has 0 spiro atoms. The molecular formula is C16H15FN2O2. The Balaban J connectivity index is 1.68. The van der Waals surface area contributed by atoms with Gasteiger partial charge in [0.1, 0.15) is 18.2 Å². The third kappa shape index (κ3) is 3.13. The minimum Gasteiger partial charge on any atom is -0.490 e. The summed E-state index contributed by atoms with van der Waals surface area (Å²) in [5, 5.41) is 2.70. The first-order chi connectivity index (χ1) is 10.2. The van der Waals surface area contributed by atoms with E-state index >= 15 is 0 Å². The standard InChI is InChI=1S/C16H15FN2O2/c17-12-4-3-5-13(10-12)18-16(20)11-19-8-9-21-15-7-2-1-6-14(15)19/h1-7,10H,8-9,11H2,(H,18,20). The first kappa shape index (κ1) is 13.4. The summed E-state index contributed by atoms with van der Waals surface area (Å²) in [5.41, 5.74) is 1.36. The number of ether oxygens (including phenoxy) is 1. The van der Waals surface area contributed by atoms with Crippen molar-refractivity contribution in [1.82, 2.24) is 0 Å². The van der Waals surface area contributed by atoms with Gasteiger partial charge in [0.15, 0.2) is 0 Å². The Hall–Kier alpha value is -2.56. The second kappa shape index (κ2) is 5.83. The van der Waals surface area contributed by atoms with Gasteiger partial charge < -0.3 is 15.0 Å². The first-order valence-corrected chi connectivity index (χ1v) is 6.74. The molecule has 2 aromatic rings. The summed E-state index contributed by atoms with van der Waals surface area (Å²) in [6.45, 7) is 1.40. The van der Waals surface area contributed by atoms with Crippen LogP contribution in [0.3, 0.4) is 0 Å². The second-order valence-corrected chi connectivity index (χ2v) is 4.80. The number of hydrogen-bond acceptors (Lipinski definition) is 3. The van der Waals surface area contributed by atoms with Crippen molar-refractivity contribution in [3.05, 3.63) is 54.3 Å². The lowest BCUT2D eigenvalue weighted by Gasteiger charge is -2.30. The molecule has 0 saturated carbocycles. The molecule has 1 aliphatic rings. The quantitative estimate of drug-likeness (QED) is 0.943. The summed E-state index contributed by atoms with van der Waals surface area (Å²) in [6.07, 6.45) is 0. The fraction of sp³-hybridized carbons (Fsp3) is 0.188. The Bertz CT molecular complexity index is 660. The number of para-hydroxylation sites is 2. The molecule has 0 bridgehead atoms. The summed E-state index contributed by atoms with van der Waals surface area (Å²) >= 11 is 0. The average Bonchev–Trinajstić information content (AvgIpc) is 2.47. The van der Waals surface area contributed by atoms with Crippen molar-refractivity contribution in [2.75, 3.05) is 29.9 Å². The highest BCUT2D eigenvalue weighted by Gasteiger charge is 2.19. The van der Waals surface area contributed by atoms with Crippen LogP contribution in [0.15, 0.2) is 48.5 Å². The topological polar surface area (TPSA) is 41.6 Å². The van der Waals surface area contributed by atoms with E-state index in [1.807, 2.05) is 29.2 Å². The number of hydrogen-bond donors (Lipinski definition) is 1. The lowest BCUT2D eigenvalue weighted by Crippen LogP contribution is -2.38. The van der Waals surface area contributed by atoms with Crippen molar-refractivity contribution >= 4 is 17.3 Å². The van der Waals surface area contributed by atoms with Crippen LogP contribution >= 0.6 is 0 Å². The van der Waals surface area contributed by atoms with Crippen molar-refractivity contribution in [2.24, 2.45) is 0 Å². The van der Waals surface area contributed by atoms with Crippen LogP contribution in [-0.2, 0) is 4.79 Å². The van der Waals surface area contributed by atoms with Crippen molar-refractivity contribution in [3.8, 4) is 5.75 Å². The van der Waals surface area contributed by atoms with Gasteiger partial charge in [-0.1, -0.05) is 18.2 Å². The monoisotopic (exact) mass is 286 g/mol. The highest BCUT2D eigenvalue weighted by atomic mass is 19.1. The lowest BCUT2D eigenvalue weighted by molar-refractivity contribution is -0.115. The van der Waals surface area contributed by atoms with Crippen molar-refractivity contribution in [1.29, 1.82) is 0 Å². The van der Waals surface area contributed by atoms with Gasteiger partial charge in [-0.3, -0.25) is 4.79 Å². The third-order valence-corrected chi connectivity index (χ3v) is 3.27. The maximum absolute atomic E-state index is 13.1. The van der Waals surface area contributed by atoms with Gasteiger partial charge in [-0.2, -0.15) is 0 Å². The van der Waals surface area contributed by atoms with E-state index in [2.05, 4.69) is 5.32 Å². The van der Waals surface area contributed by atoms with Gasteiger partial charge in [-0.25, -0.2) is 4.39 Å². The first-order valence-electron chi connectivity index (χ1n) is 6.74. The molecule has 0 aliphatic carbocycles. The Morgan fingerprint density at radius 3 is 2.95 bits per heavy atom. The zero-order valence-corrected chi connectivity index (χ0v) is 11.4. The van der Waals surface area contributed by atoms with Gasteiger partial charge in [-0.05, 0) is 30.3 Å². The van der Waals surface area contributed by atoms with E-state index in [4.69, 9.17) is 4.74 Å². The van der Waals surface area contributed by atoms with E-state index < -0.39 is 0 Å². The molecule has 21 heavy (non-hydrogen) atoms. The minimum absolute atomic E-state index is 0.183. The van der Waals surface area contributed by atoms with Crippen LogP contribution in [0.1, 0.15) is 0 Å². The molecule has 1 N–H and O–H groups in total. The molecule has 0 atom stereocenters. The number of rotatable bonds is 3. The molecule has 1 aliphatic heterocycles. The highest BCUT2D eigenvalue weighted by molar-refractivity contribution is 5.94. The summed E-state index contributed by atoms with van der Waals surface area (Å²) in [4.78, 5) is 14.0. The normalized spacial score (nSPS) is 13.3. The van der Waals surface area contributed by atoms with Gasteiger partial charge >= 0.3 is 0 Å². The summed E-state index contributed by atoms with van der Waals surface area (Å²) in [6, 6.07) is 13.5. The Morgan fingerprint density at radius 2 is 2.10 bits per heavy atom. The highest BCUT2D eigenvalue weighted by Crippen LogP contribution is 2.30. The van der Waals surface area contributed by atoms with Crippen LogP contribution in [0.2, 0.25) is 0 Å². The molecule has 3 rings (SSSR count). The predicted octanol–water partition coefficient (Wildman–Crippen LogP) is 2.66. The SMILES string of the molecule is O=C(CN1CCOc2ccccc21)Nc1cccc(F)c1. The molecule has 5 heteroatoms. The van der Waals surface area contributed by atoms with Crippen molar-refractivity contribution in [3.63, 3.8) is 0 Å². The largest absolute Gasteiger partial charge is 0.490 e. The third-order valence-electron chi connectivity index (χ3n) is 3.27. The van der Waals surface area contributed by atoms with E-state index in [9.17, 15) is 9.18 Å². The maximum atomic E-state index is 13.1. The van der Waals surface area contributed by atoms with E-state index in [-0.39, 0.29) is 18.3 Å². The number of carbonyl (C=O) groups is 1.